The molecule has 6 nitrogen and oxygen atoms in total. The van der Waals surface area contributed by atoms with E-state index in [1.54, 1.807) is 36.4 Å². The normalized spacial score (nSPS) is 13.8. The molecule has 0 radical (unpaired) electrons. The van der Waals surface area contributed by atoms with Gasteiger partial charge in [-0.3, -0.25) is 4.79 Å². The number of nitrogens with zero attached hydrogens (tertiary/aromatic N) is 1. The Hall–Kier alpha value is -3.43. The van der Waals surface area contributed by atoms with Crippen LogP contribution in [-0.2, 0) is 17.4 Å². The van der Waals surface area contributed by atoms with E-state index in [4.69, 9.17) is 26.2 Å². The van der Waals surface area contributed by atoms with Crippen LogP contribution in [0.25, 0.3) is 0 Å². The second-order valence-electron chi connectivity index (χ2n) is 8.63. The Morgan fingerprint density at radius 2 is 1.89 bits per heavy atom. The van der Waals surface area contributed by atoms with Gasteiger partial charge in [-0.15, -0.1) is 0 Å². The number of aliphatic hydroxyl groups is 1. The van der Waals surface area contributed by atoms with Crippen molar-refractivity contribution in [3.05, 3.63) is 81.9 Å². The minimum atomic E-state index is -4.53. The van der Waals surface area contributed by atoms with Gasteiger partial charge < -0.3 is 24.8 Å². The van der Waals surface area contributed by atoms with Crippen LogP contribution >= 0.6 is 11.6 Å². The maximum absolute atomic E-state index is 14.0. The number of nitrogens with one attached hydrogen (secondary N) is 1. The molecule has 0 aromatic heterocycles. The van der Waals surface area contributed by atoms with Crippen LogP contribution in [0.5, 0.6) is 11.5 Å². The lowest BCUT2D eigenvalue weighted by molar-refractivity contribution is -0.137. The number of aryl methyl sites for hydroxylation is 1. The largest absolute Gasteiger partial charge is 0.497 e. The van der Waals surface area contributed by atoms with Gasteiger partial charge in [0.15, 0.2) is 0 Å². The predicted octanol–water partition coefficient (Wildman–Crippen LogP) is 5.79. The molecule has 37 heavy (non-hydrogen) atoms. The number of ether oxygens (including phenoxy) is 2. The van der Waals surface area contributed by atoms with Crippen LogP contribution in [0.15, 0.2) is 54.6 Å². The summed E-state index contributed by atoms with van der Waals surface area (Å²) in [7, 11) is 1.49. The molecule has 10 heteroatoms. The zero-order valence-electron chi connectivity index (χ0n) is 20.2. The fourth-order valence-electron chi connectivity index (χ4n) is 4.36. The van der Waals surface area contributed by atoms with Gasteiger partial charge >= 0.3 is 6.18 Å². The van der Waals surface area contributed by atoms with E-state index in [0.717, 1.165) is 17.7 Å². The van der Waals surface area contributed by atoms with Crippen molar-refractivity contribution in [2.24, 2.45) is 0 Å². The van der Waals surface area contributed by atoms with Gasteiger partial charge in [0.05, 0.1) is 19.3 Å². The molecule has 1 aliphatic rings. The summed E-state index contributed by atoms with van der Waals surface area (Å²) in [5.41, 5.74) is 1.96. The first kappa shape index (κ1) is 26.6. The van der Waals surface area contributed by atoms with Crippen LogP contribution in [0.3, 0.4) is 0 Å². The van der Waals surface area contributed by atoms with E-state index in [2.05, 4.69) is 5.32 Å². The van der Waals surface area contributed by atoms with Crippen LogP contribution in [0, 0.1) is 6.92 Å². The van der Waals surface area contributed by atoms with Gasteiger partial charge in [0.1, 0.15) is 24.1 Å². The average Bonchev–Trinajstić information content (AvgIpc) is 3.29. The average molecular weight is 535 g/mol. The summed E-state index contributed by atoms with van der Waals surface area (Å²) in [4.78, 5) is 15.4. The Morgan fingerprint density at radius 3 is 2.57 bits per heavy atom. The second-order valence-corrected chi connectivity index (χ2v) is 9.07. The third-order valence-corrected chi connectivity index (χ3v) is 6.39. The molecular weight excluding hydrogens is 509 g/mol. The third kappa shape index (κ3) is 5.94. The maximum Gasteiger partial charge on any atom is 0.416 e. The van der Waals surface area contributed by atoms with Gasteiger partial charge in [0, 0.05) is 41.1 Å². The summed E-state index contributed by atoms with van der Waals surface area (Å²) in [5, 5.41) is 12.8. The topological polar surface area (TPSA) is 71.0 Å². The molecule has 0 bridgehead atoms. The molecule has 196 valence electrons. The summed E-state index contributed by atoms with van der Waals surface area (Å²) >= 11 is 6.15. The zero-order chi connectivity index (χ0) is 26.7. The van der Waals surface area contributed by atoms with Crippen LogP contribution in [-0.4, -0.2) is 37.9 Å². The van der Waals surface area contributed by atoms with Crippen LogP contribution in [0.1, 0.15) is 28.3 Å². The highest BCUT2D eigenvalue weighted by Gasteiger charge is 2.36. The summed E-state index contributed by atoms with van der Waals surface area (Å²) in [6.07, 6.45) is -4.08. The van der Waals surface area contributed by atoms with E-state index in [0.29, 0.717) is 39.8 Å². The highest BCUT2D eigenvalue weighted by atomic mass is 35.5. The number of amides is 1. The lowest BCUT2D eigenvalue weighted by Gasteiger charge is -2.27. The van der Waals surface area contributed by atoms with E-state index in [1.807, 2.05) is 6.92 Å². The number of hydrogen-bond donors (Lipinski definition) is 2. The Bertz CT molecular complexity index is 1300. The van der Waals surface area contributed by atoms with Crippen molar-refractivity contribution >= 4 is 28.9 Å². The Morgan fingerprint density at radius 1 is 1.14 bits per heavy atom. The predicted molar refractivity (Wildman–Crippen MR) is 136 cm³/mol. The van der Waals surface area contributed by atoms with E-state index >= 15 is 0 Å². The highest BCUT2D eigenvalue weighted by molar-refractivity contribution is 6.30. The first-order valence-corrected chi connectivity index (χ1v) is 12.0. The molecule has 0 spiro atoms. The summed E-state index contributed by atoms with van der Waals surface area (Å²) in [6.45, 7) is 1.95. The molecule has 1 aliphatic heterocycles. The van der Waals surface area contributed by atoms with Crippen LogP contribution in [0.2, 0.25) is 5.02 Å². The smallest absolute Gasteiger partial charge is 0.416 e. The minimum Gasteiger partial charge on any atom is -0.497 e. The minimum absolute atomic E-state index is 0.0668. The first-order valence-electron chi connectivity index (χ1n) is 11.6. The summed E-state index contributed by atoms with van der Waals surface area (Å²) in [5.74, 6) is 0.457. The van der Waals surface area contributed by atoms with Gasteiger partial charge in [-0.1, -0.05) is 23.7 Å². The van der Waals surface area contributed by atoms with Crippen molar-refractivity contribution < 1.29 is 32.5 Å². The van der Waals surface area contributed by atoms with Gasteiger partial charge in [0.2, 0.25) is 0 Å². The van der Waals surface area contributed by atoms with Crippen molar-refractivity contribution in [2.75, 3.05) is 37.1 Å². The summed E-state index contributed by atoms with van der Waals surface area (Å²) < 4.78 is 51.1. The number of fused-ring (bicyclic) bond motifs is 1. The van der Waals surface area contributed by atoms with Gasteiger partial charge in [-0.25, -0.2) is 0 Å². The van der Waals surface area contributed by atoms with E-state index in [-0.39, 0.29) is 25.4 Å². The fourth-order valence-corrected chi connectivity index (χ4v) is 4.59. The quantitative estimate of drug-likeness (QED) is 0.383. The highest BCUT2D eigenvalue weighted by Crippen LogP contribution is 2.38. The molecule has 1 heterocycles. The van der Waals surface area contributed by atoms with Gasteiger partial charge in [-0.2, -0.15) is 13.2 Å². The number of carbonyl (C=O) groups is 1. The fraction of sp³-hybridized carbons (Fsp3) is 0.296. The van der Waals surface area contributed by atoms with Crippen molar-refractivity contribution in [1.29, 1.82) is 0 Å². The third-order valence-electron chi connectivity index (χ3n) is 6.15. The summed E-state index contributed by atoms with van der Waals surface area (Å²) in [6, 6.07) is 12.6. The number of carbonyl (C=O) groups excluding carboxylic acids is 1. The van der Waals surface area contributed by atoms with Crippen molar-refractivity contribution in [1.82, 2.24) is 0 Å². The molecule has 3 aromatic carbocycles. The Balaban J connectivity index is 1.75. The Labute approximate surface area is 217 Å². The molecule has 0 aliphatic carbocycles. The molecule has 1 atom stereocenters. The first-order chi connectivity index (χ1) is 17.6. The van der Waals surface area contributed by atoms with Gasteiger partial charge in [0.25, 0.3) is 5.91 Å². The maximum atomic E-state index is 14.0. The molecule has 1 amide bonds. The van der Waals surface area contributed by atoms with Crippen molar-refractivity contribution in [3.63, 3.8) is 0 Å². The number of methoxy groups -OCH3 is 1. The molecule has 2 N–H and O–H groups in total. The Kier molecular flexibility index (Phi) is 7.85. The van der Waals surface area contributed by atoms with E-state index in [9.17, 15) is 18.0 Å². The lowest BCUT2D eigenvalue weighted by Crippen LogP contribution is -2.37. The number of alkyl halides is 3. The number of halogens is 4. The zero-order valence-corrected chi connectivity index (χ0v) is 21.0. The molecule has 0 saturated carbocycles. The molecule has 1 unspecified atom stereocenters. The number of rotatable bonds is 8. The number of anilines is 2. The standard InChI is InChI=1S/C27H26ClF3N2O4/c1-16-11-19(28)5-6-23(16)25(32-20-13-21(36-2)15-22(14-20)37-10-9-34)26(35)33-8-7-17-3-4-18(12-24(17)33)27(29,30)31/h3-6,11-15,25,32,34H,7-10H2,1-2H3. The van der Waals surface area contributed by atoms with Crippen LogP contribution in [0.4, 0.5) is 24.5 Å². The van der Waals surface area contributed by atoms with Crippen molar-refractivity contribution in [3.8, 4) is 11.5 Å². The number of hydrogen-bond acceptors (Lipinski definition) is 5. The lowest BCUT2D eigenvalue weighted by atomic mass is 9.99. The number of benzene rings is 3. The molecule has 3 aromatic rings. The molecule has 0 saturated heterocycles. The van der Waals surface area contributed by atoms with Crippen molar-refractivity contribution in [2.45, 2.75) is 25.6 Å². The number of aliphatic hydroxyl groups excluding tert-OH is 1. The van der Waals surface area contributed by atoms with E-state index in [1.165, 1.54) is 18.1 Å². The SMILES string of the molecule is COc1cc(NC(C(=O)N2CCc3ccc(C(F)(F)F)cc32)c2ccc(Cl)cc2C)cc(OCCO)c1. The monoisotopic (exact) mass is 534 g/mol. The van der Waals surface area contributed by atoms with Crippen LogP contribution < -0.4 is 19.7 Å². The second kappa shape index (κ2) is 10.9. The molecular formula is C27H26ClF3N2O4. The van der Waals surface area contributed by atoms with E-state index < -0.39 is 23.7 Å². The molecule has 0 fully saturated rings. The molecule has 4 rings (SSSR count). The van der Waals surface area contributed by atoms with Gasteiger partial charge in [-0.05, 0) is 54.3 Å².